The van der Waals surface area contributed by atoms with E-state index in [9.17, 15) is 0 Å². The Balaban J connectivity index is -0.000000395. The minimum absolute atomic E-state index is 0. The summed E-state index contributed by atoms with van der Waals surface area (Å²) in [7, 11) is 0. The molecule has 2 aromatic rings. The van der Waals surface area contributed by atoms with E-state index in [4.69, 9.17) is 24.4 Å². The Kier molecular flexibility index (Phi) is 73.4. The normalized spacial score (nSPS) is 10.4. The molecule has 73 heavy (non-hydrogen) atoms. The minimum Gasteiger partial charge on any atom is -2.00 e. The molecule has 0 saturated heterocycles. The number of hydrogen-bond donors (Lipinski definition) is 4. The van der Waals surface area contributed by atoms with E-state index < -0.39 is 0 Å². The molecule has 0 heterocycles. The van der Waals surface area contributed by atoms with Crippen molar-refractivity contribution in [2.45, 2.75) is 310 Å². The summed E-state index contributed by atoms with van der Waals surface area (Å²) in [6.45, 7) is 9.17. The fraction of sp³-hybridized carbons (Fsp3) is 0.774. The molecule has 2 aromatic carbocycles. The van der Waals surface area contributed by atoms with E-state index in [2.05, 4.69) is 100.0 Å². The Morgan fingerprint density at radius 2 is 0.507 bits per heavy atom. The van der Waals surface area contributed by atoms with Crippen LogP contribution in [-0.4, -0.2) is 8.64 Å². The second kappa shape index (κ2) is 64.3. The molecule has 0 atom stereocenters. The van der Waals surface area contributed by atoms with Gasteiger partial charge in [0.2, 0.25) is 0 Å². The van der Waals surface area contributed by atoms with Crippen molar-refractivity contribution in [1.29, 1.82) is 0 Å². The molecule has 0 amide bonds. The molecule has 0 aliphatic heterocycles. The third kappa shape index (κ3) is 51.4. The summed E-state index contributed by atoms with van der Waals surface area (Å²) in [4.78, 5) is 0. The van der Waals surface area contributed by atoms with Crippen molar-refractivity contribution < 1.29 is 58.4 Å². The number of benzene rings is 2. The van der Waals surface area contributed by atoms with Crippen molar-refractivity contribution >= 4 is 96.7 Å². The predicted octanol–water partition coefficient (Wildman–Crippen LogP) is 22.5. The van der Waals surface area contributed by atoms with Crippen LogP contribution in [0.3, 0.4) is 0 Å². The Labute approximate surface area is 529 Å². The number of thiocarbonyl (C=S) groups is 2. The van der Waals surface area contributed by atoms with Crippen LogP contribution >= 0.6 is 49.7 Å². The average molecular weight is 1270 g/mol. The molecule has 0 unspecified atom stereocenters. The Morgan fingerprint density at radius 3 is 0.712 bits per heavy atom. The van der Waals surface area contributed by atoms with Crippen LogP contribution in [0.5, 0.6) is 0 Å². The summed E-state index contributed by atoms with van der Waals surface area (Å²) in [5, 5.41) is 6.67. The predicted molar refractivity (Wildman–Crippen MR) is 340 cm³/mol. The number of aryl methyl sites for hydroxylation is 2. The molecule has 2 nitrogen and oxygen atoms in total. The van der Waals surface area contributed by atoms with Crippen molar-refractivity contribution in [3.05, 3.63) is 58.7 Å². The van der Waals surface area contributed by atoms with E-state index in [1.54, 1.807) is 0 Å². The molecule has 408 valence electrons. The maximum absolute atomic E-state index is 5.23. The second-order valence-electron chi connectivity index (χ2n) is 20.5. The van der Waals surface area contributed by atoms with E-state index in [1.165, 1.54) is 303 Å². The van der Waals surface area contributed by atoms with Crippen LogP contribution in [0.15, 0.2) is 36.4 Å². The van der Waals surface area contributed by atoms with Crippen LogP contribution in [-0.2, 0) is 111 Å². The molecular formula is C62H110N2S6Zn3+2. The van der Waals surface area contributed by atoms with Gasteiger partial charge < -0.3 is 37.6 Å². The molecule has 0 aliphatic carbocycles. The van der Waals surface area contributed by atoms with Gasteiger partial charge in [-0.1, -0.05) is 308 Å². The van der Waals surface area contributed by atoms with E-state index in [0.29, 0.717) is 8.64 Å². The van der Waals surface area contributed by atoms with E-state index >= 15 is 0 Å². The van der Waals surface area contributed by atoms with Crippen LogP contribution in [0, 0.1) is 0 Å². The van der Waals surface area contributed by atoms with Crippen LogP contribution < -0.4 is 10.6 Å². The molecule has 0 fully saturated rings. The van der Waals surface area contributed by atoms with E-state index in [1.807, 2.05) is 0 Å². The fourth-order valence-corrected chi connectivity index (χ4v) is 10.4. The molecule has 0 spiro atoms. The van der Waals surface area contributed by atoms with Crippen molar-refractivity contribution in [3.63, 3.8) is 0 Å². The standard InChI is InChI=1S/2C31H55NS2.2S.3Zn/c2*1-3-5-7-9-11-13-15-17-19-21-24-28-25-23-27-30(32-31(33)34)29(28)26-22-20-18-16-14-12-10-8-6-4-2;;;;;/h2*23,25,27H,3-22,24,26H2,1-2H3,(H2,32,33,34);;;;;/q;;2*-2;3*+2. The zero-order chi connectivity index (χ0) is 49.4. The number of rotatable bonds is 46. The van der Waals surface area contributed by atoms with E-state index in [-0.39, 0.29) is 85.4 Å². The summed E-state index contributed by atoms with van der Waals surface area (Å²) < 4.78 is 1.14. The molecule has 0 saturated carbocycles. The summed E-state index contributed by atoms with van der Waals surface area (Å²) in [6.07, 6.45) is 60.2. The summed E-state index contributed by atoms with van der Waals surface area (Å²) in [6, 6.07) is 13.4. The first-order valence-corrected chi connectivity index (χ1v) is 31.3. The van der Waals surface area contributed by atoms with Crippen LogP contribution in [0.4, 0.5) is 11.4 Å². The third-order valence-electron chi connectivity index (χ3n) is 14.2. The summed E-state index contributed by atoms with van der Waals surface area (Å²) in [5.74, 6) is 0. The number of hydrogen-bond acceptors (Lipinski definition) is 2. The van der Waals surface area contributed by atoms with Crippen LogP contribution in [0.1, 0.15) is 307 Å². The first-order chi connectivity index (χ1) is 33.4. The topological polar surface area (TPSA) is 24.1 Å². The SMILES string of the molecule is CCCCCCCCCCCCc1cccc(NC(=S)S)c1CCCCCCCCCCCC.CCCCCCCCCCCCc1cccc(NC(=S)S)c1CCCCCCCCCCCC.[S-2].[S-2].[Zn+2].[Zn+2].[Zn+2]. The first kappa shape index (κ1) is 83.3. The van der Waals surface area contributed by atoms with Gasteiger partial charge in [0.15, 0.2) is 0 Å². The van der Waals surface area contributed by atoms with Gasteiger partial charge in [0, 0.05) is 11.4 Å². The van der Waals surface area contributed by atoms with Crippen LogP contribution in [0.25, 0.3) is 0 Å². The summed E-state index contributed by atoms with van der Waals surface area (Å²) >= 11 is 19.1. The second-order valence-corrected chi connectivity index (χ2v) is 22.8. The maximum atomic E-state index is 5.23. The average Bonchev–Trinajstić information content (AvgIpc) is 3.32. The third-order valence-corrected chi connectivity index (χ3v) is 14.6. The maximum Gasteiger partial charge on any atom is 2.00 e. The molecule has 2 N–H and O–H groups in total. The molecule has 0 aliphatic rings. The summed E-state index contributed by atoms with van der Waals surface area (Å²) in [5.41, 5.74) is 8.36. The number of thiol groups is 2. The van der Waals surface area contributed by atoms with Gasteiger partial charge in [-0.3, -0.25) is 0 Å². The van der Waals surface area contributed by atoms with Gasteiger partial charge in [0.1, 0.15) is 8.64 Å². The minimum atomic E-state index is 0. The first-order valence-electron chi connectivity index (χ1n) is 29.6. The van der Waals surface area contributed by atoms with Crippen molar-refractivity contribution in [1.82, 2.24) is 0 Å². The molecule has 0 aromatic heterocycles. The molecular weight excluding hydrogens is 1160 g/mol. The van der Waals surface area contributed by atoms with Gasteiger partial charge >= 0.3 is 58.4 Å². The largest absolute Gasteiger partial charge is 2.00 e. The van der Waals surface area contributed by atoms with Gasteiger partial charge in [-0.25, -0.2) is 0 Å². The van der Waals surface area contributed by atoms with Gasteiger partial charge in [-0.05, 0) is 85.8 Å². The zero-order valence-electron chi connectivity index (χ0n) is 48.2. The Hall–Kier alpha value is 1.49. The monoisotopic (exact) mass is 1270 g/mol. The van der Waals surface area contributed by atoms with Crippen molar-refractivity contribution in [2.75, 3.05) is 10.6 Å². The van der Waals surface area contributed by atoms with Gasteiger partial charge in [0.25, 0.3) is 0 Å². The molecule has 2 rings (SSSR count). The Morgan fingerprint density at radius 1 is 0.315 bits per heavy atom. The number of nitrogens with one attached hydrogen (secondary N) is 2. The van der Waals surface area contributed by atoms with Crippen molar-refractivity contribution in [2.24, 2.45) is 0 Å². The fourth-order valence-electron chi connectivity index (χ4n) is 9.98. The number of anilines is 2. The zero-order valence-corrected chi connectivity index (χ0v) is 62.2. The quantitative estimate of drug-likeness (QED) is 0.0230. The van der Waals surface area contributed by atoms with Crippen molar-refractivity contribution in [3.8, 4) is 0 Å². The smallest absolute Gasteiger partial charge is 2.00 e. The Bertz CT molecular complexity index is 1360. The molecule has 11 heteroatoms. The molecule has 0 radical (unpaired) electrons. The van der Waals surface area contributed by atoms with Gasteiger partial charge in [0.05, 0.1) is 0 Å². The van der Waals surface area contributed by atoms with Gasteiger partial charge in [-0.2, -0.15) is 0 Å². The number of unbranched alkanes of at least 4 members (excludes halogenated alkanes) is 36. The van der Waals surface area contributed by atoms with Crippen LogP contribution in [0.2, 0.25) is 0 Å². The van der Waals surface area contributed by atoms with Gasteiger partial charge in [-0.15, -0.1) is 25.3 Å². The van der Waals surface area contributed by atoms with E-state index in [0.717, 1.165) is 12.8 Å². The molecule has 0 bridgehead atoms.